The van der Waals surface area contributed by atoms with Crippen LogP contribution in [0.2, 0.25) is 0 Å². The average molecular weight is 593 g/mol. The van der Waals surface area contributed by atoms with Gasteiger partial charge in [-0.15, -0.1) is 5.10 Å². The summed E-state index contributed by atoms with van der Waals surface area (Å²) in [6.45, 7) is 3.68. The lowest BCUT2D eigenvalue weighted by Crippen LogP contribution is -2.52. The van der Waals surface area contributed by atoms with E-state index in [0.29, 0.717) is 11.6 Å². The number of aryl methyl sites for hydroxylation is 3. The van der Waals surface area contributed by atoms with Crippen LogP contribution in [-0.2, 0) is 43.2 Å². The summed E-state index contributed by atoms with van der Waals surface area (Å²) in [5.41, 5.74) is -0.556. The summed E-state index contributed by atoms with van der Waals surface area (Å²) < 4.78 is 72.7. The fourth-order valence-corrected chi connectivity index (χ4v) is 7.08. The summed E-state index contributed by atoms with van der Waals surface area (Å²) in [5, 5.41) is 4.41. The van der Waals surface area contributed by atoms with Crippen molar-refractivity contribution in [2.75, 3.05) is 6.26 Å². The number of carbonyl (C=O) groups excluding carboxylic acids is 2. The second-order valence-electron chi connectivity index (χ2n) is 11.2. The molecule has 5 rings (SSSR count). The van der Waals surface area contributed by atoms with Gasteiger partial charge in [0.15, 0.2) is 21.4 Å². The Labute approximate surface area is 235 Å². The number of ketones is 1. The van der Waals surface area contributed by atoms with Crippen LogP contribution >= 0.6 is 0 Å². The fourth-order valence-electron chi connectivity index (χ4n) is 6.19. The number of cyclic esters (lactones) is 1. The standard InChI is InChI=1S/C28H31F3N4O5S/c1-16-12-17(2)35-26(32-16)33-24(34-35)14-20-22(36)15-27(40-25(20)37,19-6-4-5-7-19)11-10-18-8-9-23(41(3,38)39)21(13-18)28(29,30)31/h8-9,12-13,19-20H,4-7,10-11,14-15H2,1-3H3. The number of ether oxygens (including phenoxy) is 1. The first-order valence-corrected chi connectivity index (χ1v) is 15.4. The molecule has 2 aromatic heterocycles. The van der Waals surface area contributed by atoms with Gasteiger partial charge in [-0.25, -0.2) is 17.9 Å². The summed E-state index contributed by atoms with van der Waals surface area (Å²) in [6, 6.07) is 4.98. The predicted molar refractivity (Wildman–Crippen MR) is 141 cm³/mol. The second-order valence-corrected chi connectivity index (χ2v) is 13.2. The van der Waals surface area contributed by atoms with Crippen molar-refractivity contribution in [3.05, 3.63) is 52.6 Å². The van der Waals surface area contributed by atoms with Crippen LogP contribution in [0.1, 0.15) is 66.9 Å². The van der Waals surface area contributed by atoms with Crippen molar-refractivity contribution in [1.82, 2.24) is 19.6 Å². The number of nitrogens with zero attached hydrogens (tertiary/aromatic N) is 4. The van der Waals surface area contributed by atoms with Gasteiger partial charge in [-0.1, -0.05) is 18.9 Å². The van der Waals surface area contributed by atoms with Crippen molar-refractivity contribution in [2.24, 2.45) is 11.8 Å². The van der Waals surface area contributed by atoms with Crippen molar-refractivity contribution in [1.29, 1.82) is 0 Å². The van der Waals surface area contributed by atoms with Crippen molar-refractivity contribution < 1.29 is 35.9 Å². The Morgan fingerprint density at radius 2 is 1.80 bits per heavy atom. The number of benzene rings is 1. The number of hydrogen-bond donors (Lipinski definition) is 0. The van der Waals surface area contributed by atoms with E-state index in [1.807, 2.05) is 19.9 Å². The summed E-state index contributed by atoms with van der Waals surface area (Å²) in [5.74, 6) is -1.52. The Bertz CT molecular complexity index is 1610. The lowest BCUT2D eigenvalue weighted by atomic mass is 9.73. The smallest absolute Gasteiger partial charge is 0.417 e. The van der Waals surface area contributed by atoms with E-state index < -0.39 is 44.0 Å². The number of rotatable bonds is 7. The molecule has 0 spiro atoms. The Hall–Kier alpha value is -3.35. The van der Waals surface area contributed by atoms with E-state index in [0.717, 1.165) is 55.5 Å². The van der Waals surface area contributed by atoms with E-state index in [2.05, 4.69) is 15.1 Å². The molecule has 0 N–H and O–H groups in total. The molecule has 3 heterocycles. The summed E-state index contributed by atoms with van der Waals surface area (Å²) in [7, 11) is -4.10. The molecule has 2 unspecified atom stereocenters. The van der Waals surface area contributed by atoms with Crippen LogP contribution in [0.15, 0.2) is 29.2 Å². The molecule has 2 fully saturated rings. The van der Waals surface area contributed by atoms with Crippen LogP contribution in [0.3, 0.4) is 0 Å². The molecule has 9 nitrogen and oxygen atoms in total. The average Bonchev–Trinajstić information content (AvgIpc) is 3.54. The monoisotopic (exact) mass is 592 g/mol. The third kappa shape index (κ3) is 5.86. The van der Waals surface area contributed by atoms with Gasteiger partial charge in [0.1, 0.15) is 11.5 Å². The number of hydrogen-bond acceptors (Lipinski definition) is 8. The first kappa shape index (κ1) is 29.2. The van der Waals surface area contributed by atoms with Gasteiger partial charge in [0.2, 0.25) is 0 Å². The molecule has 41 heavy (non-hydrogen) atoms. The highest BCUT2D eigenvalue weighted by atomic mass is 32.2. The number of halogens is 3. The van der Waals surface area contributed by atoms with E-state index in [9.17, 15) is 31.2 Å². The van der Waals surface area contributed by atoms with Crippen molar-refractivity contribution in [3.8, 4) is 0 Å². The molecule has 1 saturated carbocycles. The number of esters is 1. The molecule has 1 aromatic carbocycles. The number of sulfone groups is 1. The zero-order chi connectivity index (χ0) is 29.7. The third-order valence-electron chi connectivity index (χ3n) is 8.18. The maximum absolute atomic E-state index is 13.7. The lowest BCUT2D eigenvalue weighted by Gasteiger charge is -2.43. The largest absolute Gasteiger partial charge is 0.458 e. The second kappa shape index (κ2) is 10.5. The van der Waals surface area contributed by atoms with Crippen molar-refractivity contribution in [3.63, 3.8) is 0 Å². The van der Waals surface area contributed by atoms with Gasteiger partial charge in [0.05, 0.1) is 10.5 Å². The summed E-state index contributed by atoms with van der Waals surface area (Å²) >= 11 is 0. The van der Waals surface area contributed by atoms with Crippen LogP contribution in [0.25, 0.3) is 5.78 Å². The zero-order valence-electron chi connectivity index (χ0n) is 23.0. The molecule has 0 amide bonds. The summed E-state index contributed by atoms with van der Waals surface area (Å²) in [4.78, 5) is 34.7. The molecular weight excluding hydrogens is 561 g/mol. The first-order chi connectivity index (χ1) is 19.2. The lowest BCUT2D eigenvalue weighted by molar-refractivity contribution is -0.185. The van der Waals surface area contributed by atoms with Gasteiger partial charge < -0.3 is 4.74 Å². The molecule has 2 aliphatic rings. The SMILES string of the molecule is Cc1cc(C)n2nc(CC3C(=O)CC(CCc4ccc(S(C)(=O)=O)c(C(F)(F)F)c4)(C4CCCC4)OC3=O)nc2n1. The number of fused-ring (bicyclic) bond motifs is 1. The van der Waals surface area contributed by atoms with Crippen LogP contribution in [0.4, 0.5) is 13.2 Å². The Balaban J connectivity index is 1.39. The minimum atomic E-state index is -4.86. The van der Waals surface area contributed by atoms with Gasteiger partial charge >= 0.3 is 12.1 Å². The topological polar surface area (TPSA) is 121 Å². The zero-order valence-corrected chi connectivity index (χ0v) is 23.8. The molecule has 3 aromatic rings. The van der Waals surface area contributed by atoms with Crippen molar-refractivity contribution in [2.45, 2.75) is 81.9 Å². The molecule has 1 aliphatic carbocycles. The highest BCUT2D eigenvalue weighted by Crippen LogP contribution is 2.45. The quantitative estimate of drug-likeness (QED) is 0.293. The highest BCUT2D eigenvalue weighted by Gasteiger charge is 2.51. The highest BCUT2D eigenvalue weighted by molar-refractivity contribution is 7.90. The maximum Gasteiger partial charge on any atom is 0.417 e. The number of Topliss-reactive ketones (excluding diaryl/α,β-unsaturated/α-hetero) is 1. The molecule has 1 saturated heterocycles. The van der Waals surface area contributed by atoms with E-state index in [4.69, 9.17) is 4.74 Å². The van der Waals surface area contributed by atoms with E-state index >= 15 is 0 Å². The molecule has 1 aliphatic heterocycles. The first-order valence-electron chi connectivity index (χ1n) is 13.5. The predicted octanol–water partition coefficient (Wildman–Crippen LogP) is 4.40. The molecule has 2 atom stereocenters. The maximum atomic E-state index is 13.7. The number of alkyl halides is 3. The van der Waals surface area contributed by atoms with Gasteiger partial charge in [0.25, 0.3) is 5.78 Å². The molecule has 0 bridgehead atoms. The number of aromatic nitrogens is 4. The van der Waals surface area contributed by atoms with Gasteiger partial charge in [0, 0.05) is 30.5 Å². The van der Waals surface area contributed by atoms with Crippen LogP contribution in [-0.4, -0.2) is 51.6 Å². The Kier molecular flexibility index (Phi) is 7.46. The van der Waals surface area contributed by atoms with Gasteiger partial charge in [-0.3, -0.25) is 9.59 Å². The van der Waals surface area contributed by atoms with E-state index in [1.54, 1.807) is 4.52 Å². The van der Waals surface area contributed by atoms with E-state index in [-0.39, 0.29) is 42.9 Å². The van der Waals surface area contributed by atoms with Gasteiger partial charge in [-0.2, -0.15) is 18.2 Å². The Morgan fingerprint density at radius 3 is 2.44 bits per heavy atom. The molecule has 13 heteroatoms. The minimum absolute atomic E-state index is 0.0395. The fraction of sp³-hybridized carbons (Fsp3) is 0.536. The van der Waals surface area contributed by atoms with Crippen LogP contribution in [0.5, 0.6) is 0 Å². The minimum Gasteiger partial charge on any atom is -0.458 e. The van der Waals surface area contributed by atoms with Crippen molar-refractivity contribution >= 4 is 27.4 Å². The Morgan fingerprint density at radius 1 is 1.10 bits per heavy atom. The molecular formula is C28H31F3N4O5S. The van der Waals surface area contributed by atoms with E-state index in [1.165, 1.54) is 6.07 Å². The normalized spacial score (nSPS) is 22.4. The molecule has 0 radical (unpaired) electrons. The number of carbonyl (C=O) groups is 2. The van der Waals surface area contributed by atoms with Crippen LogP contribution in [0, 0.1) is 25.7 Å². The van der Waals surface area contributed by atoms with Gasteiger partial charge in [-0.05, 0) is 69.2 Å². The molecule has 220 valence electrons. The third-order valence-corrected chi connectivity index (χ3v) is 9.34. The van der Waals surface area contributed by atoms with Crippen LogP contribution < -0.4 is 0 Å². The summed E-state index contributed by atoms with van der Waals surface area (Å²) in [6.07, 6.45) is -0.714.